The lowest BCUT2D eigenvalue weighted by Gasteiger charge is -2.30. The lowest BCUT2D eigenvalue weighted by Crippen LogP contribution is -2.61. The van der Waals surface area contributed by atoms with E-state index in [1.165, 1.54) is 0 Å². The molecule has 2 aromatic rings. The predicted molar refractivity (Wildman–Crippen MR) is 165 cm³/mol. The summed E-state index contributed by atoms with van der Waals surface area (Å²) >= 11 is 0. The minimum atomic E-state index is -1.17. The second-order valence-electron chi connectivity index (χ2n) is 12.4. The van der Waals surface area contributed by atoms with Gasteiger partial charge in [-0.25, -0.2) is 4.79 Å². The number of aromatic amines is 1. The van der Waals surface area contributed by atoms with Crippen LogP contribution < -0.4 is 27.0 Å². The number of carboxylic acids is 1. The smallest absolute Gasteiger partial charge is 0.326 e. The lowest BCUT2D eigenvalue weighted by atomic mass is 9.97. The van der Waals surface area contributed by atoms with Gasteiger partial charge in [-0.1, -0.05) is 73.6 Å². The zero-order chi connectivity index (χ0) is 32.6. The zero-order valence-corrected chi connectivity index (χ0v) is 26.4. The number of rotatable bonds is 15. The maximum atomic E-state index is 13.4. The average Bonchev–Trinajstić information content (AvgIpc) is 3.32. The van der Waals surface area contributed by atoms with Gasteiger partial charge < -0.3 is 37.1 Å². The molecule has 0 fully saturated rings. The molecule has 238 valence electrons. The molecular weight excluding hydrogens is 552 g/mol. The van der Waals surface area contributed by atoms with Crippen molar-refractivity contribution < 1.29 is 29.1 Å². The molecule has 4 amide bonds. The molecule has 0 aliphatic heterocycles. The van der Waals surface area contributed by atoms with E-state index in [-0.39, 0.29) is 30.1 Å². The van der Waals surface area contributed by atoms with E-state index in [9.17, 15) is 29.1 Å². The highest BCUT2D eigenvalue weighted by molar-refractivity contribution is 5.96. The number of benzene rings is 1. The van der Waals surface area contributed by atoms with Crippen LogP contribution in [0.2, 0.25) is 0 Å². The number of fused-ring (bicyclic) bond motifs is 1. The van der Waals surface area contributed by atoms with Crippen LogP contribution in [-0.2, 0) is 30.4 Å². The highest BCUT2D eigenvalue weighted by atomic mass is 16.4. The van der Waals surface area contributed by atoms with Crippen molar-refractivity contribution in [2.75, 3.05) is 0 Å². The molecule has 43 heavy (non-hydrogen) atoms. The summed E-state index contributed by atoms with van der Waals surface area (Å²) in [5.41, 5.74) is 8.05. The molecule has 0 aliphatic carbocycles. The molecule has 0 aliphatic rings. The molecule has 0 spiro atoms. The molecule has 5 atom stereocenters. The Labute approximate surface area is 253 Å². The van der Waals surface area contributed by atoms with Crippen molar-refractivity contribution in [1.82, 2.24) is 26.3 Å². The van der Waals surface area contributed by atoms with E-state index in [0.29, 0.717) is 0 Å². The van der Waals surface area contributed by atoms with E-state index in [1.807, 2.05) is 30.5 Å². The third-order valence-electron chi connectivity index (χ3n) is 7.42. The number of aliphatic carboxylic acids is 1. The topological polar surface area (TPSA) is 196 Å². The Kier molecular flexibility index (Phi) is 12.7. The number of nitrogens with two attached hydrogens (primary N) is 1. The first-order chi connectivity index (χ1) is 20.0. The van der Waals surface area contributed by atoms with Gasteiger partial charge in [0.1, 0.15) is 24.2 Å². The van der Waals surface area contributed by atoms with Crippen molar-refractivity contribution in [3.8, 4) is 0 Å². The normalized spacial score (nSPS) is 15.2. The largest absolute Gasteiger partial charge is 0.480 e. The molecule has 12 heteroatoms. The number of hydrogen-bond donors (Lipinski definition) is 7. The third-order valence-corrected chi connectivity index (χ3v) is 7.42. The number of carbonyl (C=O) groups excluding carboxylic acids is 4. The number of H-pyrrole nitrogens is 1. The van der Waals surface area contributed by atoms with Gasteiger partial charge in [0.2, 0.25) is 23.6 Å². The second-order valence-corrected chi connectivity index (χ2v) is 12.4. The Bertz CT molecular complexity index is 1290. The molecule has 12 nitrogen and oxygen atoms in total. The van der Waals surface area contributed by atoms with Crippen LogP contribution in [0.5, 0.6) is 0 Å². The molecule has 0 unspecified atom stereocenters. The summed E-state index contributed by atoms with van der Waals surface area (Å²) in [5.74, 6) is -4.89. The van der Waals surface area contributed by atoms with Gasteiger partial charge in [0.05, 0.1) is 6.04 Å². The van der Waals surface area contributed by atoms with Crippen LogP contribution in [0, 0.1) is 23.7 Å². The highest BCUT2D eigenvalue weighted by Gasteiger charge is 2.35. The van der Waals surface area contributed by atoms with Crippen LogP contribution in [0.15, 0.2) is 30.5 Å². The Morgan fingerprint density at radius 3 is 1.49 bits per heavy atom. The van der Waals surface area contributed by atoms with Gasteiger partial charge in [-0.2, -0.15) is 0 Å². The van der Waals surface area contributed by atoms with E-state index in [0.717, 1.165) is 16.5 Å². The first-order valence-electron chi connectivity index (χ1n) is 14.8. The van der Waals surface area contributed by atoms with Crippen molar-refractivity contribution in [1.29, 1.82) is 0 Å². The van der Waals surface area contributed by atoms with E-state index in [1.54, 1.807) is 55.4 Å². The molecule has 2 rings (SSSR count). The van der Waals surface area contributed by atoms with Crippen molar-refractivity contribution in [2.45, 2.75) is 92.0 Å². The van der Waals surface area contributed by atoms with Crippen LogP contribution >= 0.6 is 0 Å². The van der Waals surface area contributed by atoms with Crippen molar-refractivity contribution >= 4 is 40.5 Å². The quantitative estimate of drug-likeness (QED) is 0.161. The summed E-state index contributed by atoms with van der Waals surface area (Å²) in [7, 11) is 0. The Balaban J connectivity index is 2.12. The summed E-state index contributed by atoms with van der Waals surface area (Å²) in [5, 5.41) is 21.1. The highest BCUT2D eigenvalue weighted by Crippen LogP contribution is 2.19. The monoisotopic (exact) mass is 600 g/mol. The van der Waals surface area contributed by atoms with Gasteiger partial charge >= 0.3 is 5.97 Å². The Hall–Kier alpha value is -3.93. The number of para-hydroxylation sites is 1. The van der Waals surface area contributed by atoms with Crippen molar-refractivity contribution in [3.05, 3.63) is 36.0 Å². The van der Waals surface area contributed by atoms with E-state index >= 15 is 0 Å². The Morgan fingerprint density at radius 1 is 0.674 bits per heavy atom. The van der Waals surface area contributed by atoms with Gasteiger partial charge in [-0.05, 0) is 41.7 Å². The first kappa shape index (κ1) is 35.3. The van der Waals surface area contributed by atoms with Gasteiger partial charge in [-0.15, -0.1) is 0 Å². The van der Waals surface area contributed by atoms with Crippen LogP contribution in [0.4, 0.5) is 0 Å². The van der Waals surface area contributed by atoms with Crippen LogP contribution in [-0.4, -0.2) is 69.9 Å². The van der Waals surface area contributed by atoms with Gasteiger partial charge in [0.15, 0.2) is 0 Å². The van der Waals surface area contributed by atoms with Crippen LogP contribution in [0.3, 0.4) is 0 Å². The van der Waals surface area contributed by atoms with Crippen LogP contribution in [0.1, 0.15) is 61.0 Å². The zero-order valence-electron chi connectivity index (χ0n) is 26.4. The molecular formula is C31H48N6O6. The number of hydrogen-bond acceptors (Lipinski definition) is 6. The predicted octanol–water partition coefficient (Wildman–Crippen LogP) is 1.69. The summed E-state index contributed by atoms with van der Waals surface area (Å²) in [4.78, 5) is 67.6. The van der Waals surface area contributed by atoms with Gasteiger partial charge in [-0.3, -0.25) is 19.2 Å². The fraction of sp³-hybridized carbons (Fsp3) is 0.581. The van der Waals surface area contributed by atoms with Gasteiger partial charge in [0, 0.05) is 17.1 Å². The minimum absolute atomic E-state index is 0.261. The molecule has 1 heterocycles. The molecule has 0 saturated carbocycles. The number of nitrogens with one attached hydrogen (secondary N) is 5. The lowest BCUT2D eigenvalue weighted by molar-refractivity contribution is -0.144. The molecule has 0 saturated heterocycles. The standard InChI is InChI=1S/C31H48N6O6/c1-15(2)23(34-27(38)21(32)13-19-14-33-22-12-10-9-11-20(19)22)28(39)35-24(16(3)4)29(40)36-25(17(5)6)30(41)37-26(18(7)8)31(42)43/h9-12,14-18,21,23-26,33H,13,32H2,1-8H3,(H,34,38)(H,35,39)(H,36,40)(H,37,41)(H,42,43)/t21-,23-,24-,25-,26-/m0/s1. The second kappa shape index (κ2) is 15.5. The fourth-order valence-corrected chi connectivity index (χ4v) is 4.74. The van der Waals surface area contributed by atoms with E-state index in [2.05, 4.69) is 26.3 Å². The van der Waals surface area contributed by atoms with Crippen LogP contribution in [0.25, 0.3) is 10.9 Å². The number of aromatic nitrogens is 1. The number of carbonyl (C=O) groups is 5. The maximum absolute atomic E-state index is 13.4. The van der Waals surface area contributed by atoms with E-state index < -0.39 is 59.8 Å². The fourth-order valence-electron chi connectivity index (χ4n) is 4.74. The van der Waals surface area contributed by atoms with E-state index in [4.69, 9.17) is 5.73 Å². The number of amides is 4. The van der Waals surface area contributed by atoms with Crippen molar-refractivity contribution in [3.63, 3.8) is 0 Å². The van der Waals surface area contributed by atoms with Gasteiger partial charge in [0.25, 0.3) is 0 Å². The SMILES string of the molecule is CC(C)[C@H](NC(=O)[C@@H](NC(=O)[C@@H](NC(=O)[C@@H](NC(=O)[C@@H](N)Cc1c[nH]c2ccccc12)C(C)C)C(C)C)C(C)C)C(=O)O. The molecule has 1 aromatic heterocycles. The summed E-state index contributed by atoms with van der Waals surface area (Å²) in [6, 6.07) is 2.61. The molecule has 0 bridgehead atoms. The maximum Gasteiger partial charge on any atom is 0.326 e. The van der Waals surface area contributed by atoms with Crippen molar-refractivity contribution in [2.24, 2.45) is 29.4 Å². The average molecular weight is 601 g/mol. The Morgan fingerprint density at radius 2 is 1.07 bits per heavy atom. The molecule has 8 N–H and O–H groups in total. The minimum Gasteiger partial charge on any atom is -0.480 e. The summed E-state index contributed by atoms with van der Waals surface area (Å²) < 4.78 is 0. The number of carboxylic acid groups (broad SMARTS) is 1. The third kappa shape index (κ3) is 9.54. The first-order valence-corrected chi connectivity index (χ1v) is 14.8. The summed E-state index contributed by atoms with van der Waals surface area (Å²) in [6.07, 6.45) is 2.07. The molecule has 1 aromatic carbocycles. The summed E-state index contributed by atoms with van der Waals surface area (Å²) in [6.45, 7) is 13.8. The molecule has 0 radical (unpaired) electrons.